The fourth-order valence-electron chi connectivity index (χ4n) is 3.43. The van der Waals surface area contributed by atoms with Crippen molar-refractivity contribution in [1.29, 1.82) is 0 Å². The van der Waals surface area contributed by atoms with Crippen LogP contribution in [0.4, 0.5) is 18.9 Å². The van der Waals surface area contributed by atoms with E-state index in [1.54, 1.807) is 19.1 Å². The van der Waals surface area contributed by atoms with Gasteiger partial charge in [0, 0.05) is 22.6 Å². The first kappa shape index (κ1) is 25.0. The highest BCUT2D eigenvalue weighted by atomic mass is 32.1. The molecule has 34 heavy (non-hydrogen) atoms. The third-order valence-corrected chi connectivity index (χ3v) is 5.15. The summed E-state index contributed by atoms with van der Waals surface area (Å²) < 4.78 is 46.4. The van der Waals surface area contributed by atoms with Gasteiger partial charge in [-0.1, -0.05) is 12.1 Å². The molecule has 3 rings (SSSR count). The van der Waals surface area contributed by atoms with Gasteiger partial charge in [0.05, 0.1) is 29.6 Å². The molecule has 10 heteroatoms. The average molecular weight is 489 g/mol. The molecule has 0 fully saturated rings. The summed E-state index contributed by atoms with van der Waals surface area (Å²) in [5.41, 5.74) is 5.50. The molecule has 0 bridgehead atoms. The smallest absolute Gasteiger partial charge is 0.418 e. The summed E-state index contributed by atoms with van der Waals surface area (Å²) in [6, 6.07) is 14.0. The number of carbonyl (C=O) groups is 1. The van der Waals surface area contributed by atoms with Gasteiger partial charge in [-0.3, -0.25) is 5.43 Å². The molecule has 0 atom stereocenters. The number of alkyl halides is 3. The molecule has 0 saturated heterocycles. The molecule has 0 radical (unpaired) electrons. The van der Waals surface area contributed by atoms with Crippen LogP contribution < -0.4 is 10.7 Å². The van der Waals surface area contributed by atoms with Crippen molar-refractivity contribution in [2.75, 3.05) is 11.9 Å². The molecule has 1 aromatic heterocycles. The lowest BCUT2D eigenvalue weighted by Gasteiger charge is -2.14. The van der Waals surface area contributed by atoms with E-state index in [1.807, 2.05) is 36.6 Å². The number of benzene rings is 2. The maximum atomic E-state index is 13.1. The van der Waals surface area contributed by atoms with Crippen LogP contribution in [0.5, 0.6) is 0 Å². The largest absolute Gasteiger partial charge is 0.462 e. The van der Waals surface area contributed by atoms with Gasteiger partial charge in [0.25, 0.3) is 0 Å². The number of hydrazone groups is 1. The Kier molecular flexibility index (Phi) is 7.72. The van der Waals surface area contributed by atoms with Gasteiger partial charge in [0.1, 0.15) is 0 Å². The number of aromatic nitrogens is 1. The van der Waals surface area contributed by atoms with Crippen molar-refractivity contribution in [3.05, 3.63) is 82.7 Å². The van der Waals surface area contributed by atoms with Crippen LogP contribution in [0.1, 0.15) is 39.8 Å². The van der Waals surface area contributed by atoms with Crippen LogP contribution in [0.2, 0.25) is 0 Å². The number of ether oxygens (including phenoxy) is 1. The van der Waals surface area contributed by atoms with Gasteiger partial charge in [-0.15, -0.1) is 0 Å². The molecule has 178 valence electrons. The van der Waals surface area contributed by atoms with Crippen LogP contribution >= 0.6 is 12.2 Å². The second-order valence-electron chi connectivity index (χ2n) is 7.30. The molecule has 2 N–H and O–H groups in total. The van der Waals surface area contributed by atoms with Crippen LogP contribution in [0.15, 0.2) is 59.7 Å². The summed E-state index contributed by atoms with van der Waals surface area (Å²) in [5.74, 6) is -0.378. The van der Waals surface area contributed by atoms with Gasteiger partial charge in [0.15, 0.2) is 5.11 Å². The first-order valence-electron chi connectivity index (χ1n) is 10.3. The number of thiocarbonyl (C=S) groups is 1. The number of aryl methyl sites for hydroxylation is 1. The van der Waals surface area contributed by atoms with E-state index in [0.29, 0.717) is 12.2 Å². The number of anilines is 1. The Morgan fingerprint density at radius 3 is 2.47 bits per heavy atom. The number of rotatable bonds is 6. The zero-order valence-corrected chi connectivity index (χ0v) is 19.6. The number of hydrogen-bond donors (Lipinski definition) is 2. The third-order valence-electron chi connectivity index (χ3n) is 4.96. The first-order chi connectivity index (χ1) is 16.1. The predicted octanol–water partition coefficient (Wildman–Crippen LogP) is 5.61. The van der Waals surface area contributed by atoms with Crippen LogP contribution in [0.3, 0.4) is 0 Å². The molecule has 0 unspecified atom stereocenters. The summed E-state index contributed by atoms with van der Waals surface area (Å²) in [7, 11) is 0. The zero-order chi connectivity index (χ0) is 24.9. The Hall–Kier alpha value is -3.66. The molecule has 0 aliphatic heterocycles. The monoisotopic (exact) mass is 488 g/mol. The van der Waals surface area contributed by atoms with Crippen molar-refractivity contribution in [2.45, 2.75) is 26.9 Å². The van der Waals surface area contributed by atoms with Gasteiger partial charge in [-0.25, -0.2) is 4.79 Å². The fourth-order valence-corrected chi connectivity index (χ4v) is 3.59. The highest BCUT2D eigenvalue weighted by Gasteiger charge is 2.33. The molecule has 6 nitrogen and oxygen atoms in total. The molecule has 0 aliphatic carbocycles. The van der Waals surface area contributed by atoms with E-state index in [9.17, 15) is 18.0 Å². The van der Waals surface area contributed by atoms with E-state index in [4.69, 9.17) is 17.0 Å². The Morgan fingerprint density at radius 2 is 1.82 bits per heavy atom. The van der Waals surface area contributed by atoms with E-state index in [1.165, 1.54) is 24.4 Å². The van der Waals surface area contributed by atoms with E-state index >= 15 is 0 Å². The number of nitrogens with zero attached hydrogens (tertiary/aromatic N) is 2. The van der Waals surface area contributed by atoms with E-state index < -0.39 is 11.7 Å². The minimum absolute atomic E-state index is 0.0729. The number of carbonyl (C=O) groups excluding carboxylic acids is 1. The lowest BCUT2D eigenvalue weighted by atomic mass is 10.2. The van der Waals surface area contributed by atoms with Crippen molar-refractivity contribution in [3.63, 3.8) is 0 Å². The predicted molar refractivity (Wildman–Crippen MR) is 130 cm³/mol. The topological polar surface area (TPSA) is 67.7 Å². The van der Waals surface area contributed by atoms with Gasteiger partial charge in [0.2, 0.25) is 0 Å². The highest BCUT2D eigenvalue weighted by molar-refractivity contribution is 7.80. The second kappa shape index (κ2) is 10.5. The van der Waals surface area contributed by atoms with Crippen LogP contribution in [0.25, 0.3) is 5.69 Å². The number of halogens is 3. The Balaban J connectivity index is 1.71. The Bertz CT molecular complexity index is 1220. The Labute approximate surface area is 200 Å². The number of nitrogens with one attached hydrogen (secondary N) is 2. The molecule has 1 heterocycles. The molecular formula is C24H23F3N4O2S. The maximum Gasteiger partial charge on any atom is 0.418 e. The van der Waals surface area contributed by atoms with E-state index in [0.717, 1.165) is 28.7 Å². The minimum atomic E-state index is -4.51. The summed E-state index contributed by atoms with van der Waals surface area (Å²) in [4.78, 5) is 11.9. The molecule has 0 aliphatic rings. The lowest BCUT2D eigenvalue weighted by molar-refractivity contribution is -0.136. The number of esters is 1. The van der Waals surface area contributed by atoms with Crippen molar-refractivity contribution in [3.8, 4) is 5.69 Å². The Morgan fingerprint density at radius 1 is 1.15 bits per heavy atom. The average Bonchev–Trinajstić information content (AvgIpc) is 3.06. The molecule has 0 saturated carbocycles. The highest BCUT2D eigenvalue weighted by Crippen LogP contribution is 2.34. The molecular weight excluding hydrogens is 465 g/mol. The van der Waals surface area contributed by atoms with Crippen molar-refractivity contribution < 1.29 is 22.7 Å². The van der Waals surface area contributed by atoms with Gasteiger partial charge in [-0.05, 0) is 75.5 Å². The summed E-state index contributed by atoms with van der Waals surface area (Å²) >= 11 is 5.08. The minimum Gasteiger partial charge on any atom is -0.462 e. The van der Waals surface area contributed by atoms with Crippen molar-refractivity contribution in [1.82, 2.24) is 9.99 Å². The molecule has 0 spiro atoms. The van der Waals surface area contributed by atoms with Gasteiger partial charge < -0.3 is 14.6 Å². The SMILES string of the molecule is CCOC(=O)c1ccc(-n2c(C)cc(/C=N/NC(=S)Nc3ccccc3C(F)(F)F)c2C)cc1. The van der Waals surface area contributed by atoms with Gasteiger partial charge >= 0.3 is 12.1 Å². The van der Waals surface area contributed by atoms with Crippen molar-refractivity contribution in [2.24, 2.45) is 5.10 Å². The van der Waals surface area contributed by atoms with Crippen LogP contribution in [-0.2, 0) is 10.9 Å². The quantitative estimate of drug-likeness (QED) is 0.204. The number of para-hydroxylation sites is 1. The van der Waals surface area contributed by atoms with E-state index in [-0.39, 0.29) is 16.8 Å². The second-order valence-corrected chi connectivity index (χ2v) is 7.70. The normalized spacial score (nSPS) is 11.5. The molecule has 0 amide bonds. The summed E-state index contributed by atoms with van der Waals surface area (Å²) in [6.45, 7) is 5.89. The molecule has 3 aromatic rings. The zero-order valence-electron chi connectivity index (χ0n) is 18.7. The first-order valence-corrected chi connectivity index (χ1v) is 10.8. The fraction of sp³-hybridized carbons (Fsp3) is 0.208. The van der Waals surface area contributed by atoms with Gasteiger partial charge in [-0.2, -0.15) is 18.3 Å². The number of hydrogen-bond acceptors (Lipinski definition) is 4. The van der Waals surface area contributed by atoms with Crippen LogP contribution in [-0.4, -0.2) is 28.5 Å². The van der Waals surface area contributed by atoms with Crippen molar-refractivity contribution >= 4 is 35.2 Å². The standard InChI is InChI=1S/C24H23F3N4O2S/c1-4-33-22(32)17-9-11-19(12-10-17)31-15(2)13-18(16(31)3)14-28-30-23(34)29-21-8-6-5-7-20(21)24(25,26)27/h5-14H,4H2,1-3H3,(H2,29,30,34)/b28-14+. The summed E-state index contributed by atoms with van der Waals surface area (Å²) in [6.07, 6.45) is -2.97. The third kappa shape index (κ3) is 5.82. The van der Waals surface area contributed by atoms with E-state index in [2.05, 4.69) is 15.8 Å². The van der Waals surface area contributed by atoms with Crippen LogP contribution in [0, 0.1) is 13.8 Å². The lowest BCUT2D eigenvalue weighted by Crippen LogP contribution is -2.25. The summed E-state index contributed by atoms with van der Waals surface area (Å²) in [5, 5.41) is 6.52. The maximum absolute atomic E-state index is 13.1. The molecule has 2 aromatic carbocycles.